The van der Waals surface area contributed by atoms with Gasteiger partial charge in [0.2, 0.25) is 5.91 Å². The van der Waals surface area contributed by atoms with E-state index in [1.54, 1.807) is 10.9 Å². The largest absolute Gasteiger partial charge is 0.374 e. The van der Waals surface area contributed by atoms with Gasteiger partial charge in [-0.3, -0.25) is 4.79 Å². The van der Waals surface area contributed by atoms with Crippen molar-refractivity contribution in [1.29, 1.82) is 0 Å². The third kappa shape index (κ3) is 3.92. The lowest BCUT2D eigenvalue weighted by Crippen LogP contribution is -2.43. The summed E-state index contributed by atoms with van der Waals surface area (Å²) in [5.74, 6) is 0.628. The molecule has 0 aliphatic heterocycles. The van der Waals surface area contributed by atoms with Gasteiger partial charge in [0.25, 0.3) is 0 Å². The Kier molecular flexibility index (Phi) is 4.95. The van der Waals surface area contributed by atoms with Gasteiger partial charge in [-0.05, 0) is 37.0 Å². The maximum absolute atomic E-state index is 12.2. The fourth-order valence-electron chi connectivity index (χ4n) is 3.20. The molecule has 1 amide bonds. The molecule has 3 rings (SSSR count). The Hall–Kier alpha value is -2.30. The molecule has 0 radical (unpaired) electrons. The molecule has 2 aromatic rings. The first-order chi connectivity index (χ1) is 11.2. The number of amides is 1. The minimum absolute atomic E-state index is 0.0546. The average Bonchev–Trinajstić information content (AvgIpc) is 3.10. The van der Waals surface area contributed by atoms with Crippen molar-refractivity contribution in [2.45, 2.75) is 38.6 Å². The monoisotopic (exact) mass is 312 g/mol. The molecule has 0 saturated heterocycles. The van der Waals surface area contributed by atoms with Crippen LogP contribution in [0.25, 0.3) is 5.69 Å². The second-order valence-corrected chi connectivity index (χ2v) is 6.26. The van der Waals surface area contributed by atoms with E-state index in [-0.39, 0.29) is 12.5 Å². The summed E-state index contributed by atoms with van der Waals surface area (Å²) in [6.45, 7) is 2.51. The lowest BCUT2D eigenvalue weighted by Gasteiger charge is -2.29. The van der Waals surface area contributed by atoms with E-state index in [2.05, 4.69) is 22.7 Å². The first-order valence-corrected chi connectivity index (χ1v) is 8.36. The molecule has 0 bridgehead atoms. The highest BCUT2D eigenvalue weighted by atomic mass is 16.2. The lowest BCUT2D eigenvalue weighted by molar-refractivity contribution is -0.120. The molecule has 2 unspecified atom stereocenters. The molecule has 1 aliphatic carbocycles. The Morgan fingerprint density at radius 1 is 1.26 bits per heavy atom. The Morgan fingerprint density at radius 3 is 2.87 bits per heavy atom. The lowest BCUT2D eigenvalue weighted by atomic mass is 9.86. The van der Waals surface area contributed by atoms with E-state index in [9.17, 15) is 4.79 Å². The van der Waals surface area contributed by atoms with E-state index in [4.69, 9.17) is 0 Å². The maximum atomic E-state index is 12.2. The highest BCUT2D eigenvalue weighted by molar-refractivity contribution is 5.81. The van der Waals surface area contributed by atoms with Crippen molar-refractivity contribution in [3.63, 3.8) is 0 Å². The number of nitrogens with one attached hydrogen (secondary N) is 2. The van der Waals surface area contributed by atoms with Crippen LogP contribution in [0.5, 0.6) is 0 Å². The van der Waals surface area contributed by atoms with Gasteiger partial charge in [-0.15, -0.1) is 0 Å². The summed E-state index contributed by atoms with van der Waals surface area (Å²) < 4.78 is 1.80. The minimum atomic E-state index is 0.0546. The molecule has 2 N–H and O–H groups in total. The zero-order valence-electron chi connectivity index (χ0n) is 13.5. The molecule has 1 heterocycles. The van der Waals surface area contributed by atoms with E-state index in [0.29, 0.717) is 12.0 Å². The fraction of sp³-hybridized carbons (Fsp3) is 0.444. The van der Waals surface area contributed by atoms with Crippen LogP contribution in [0.4, 0.5) is 5.69 Å². The topological polar surface area (TPSA) is 59.0 Å². The minimum Gasteiger partial charge on any atom is -0.374 e. The quantitative estimate of drug-likeness (QED) is 0.892. The first kappa shape index (κ1) is 15.6. The molecule has 122 valence electrons. The number of benzene rings is 1. The second kappa shape index (κ2) is 7.31. The normalized spacial score (nSPS) is 20.9. The standard InChI is InChI=1S/C18H24N4O/c1-14-7-2-3-8-15(14)21-18(23)13-19-16-9-4-5-10-17(16)22-12-6-11-20-22/h4-6,9-12,14-15,19H,2-3,7-8,13H2,1H3,(H,21,23). The predicted octanol–water partition coefficient (Wildman–Crippen LogP) is 2.98. The number of rotatable bonds is 5. The number of hydrogen-bond donors (Lipinski definition) is 2. The van der Waals surface area contributed by atoms with E-state index >= 15 is 0 Å². The third-order valence-corrected chi connectivity index (χ3v) is 4.55. The van der Waals surface area contributed by atoms with Crippen LogP contribution < -0.4 is 10.6 Å². The van der Waals surface area contributed by atoms with Crippen LogP contribution in [0.3, 0.4) is 0 Å². The number of carbonyl (C=O) groups is 1. The van der Waals surface area contributed by atoms with Crippen molar-refractivity contribution >= 4 is 11.6 Å². The Balaban J connectivity index is 1.59. The summed E-state index contributed by atoms with van der Waals surface area (Å²) in [6.07, 6.45) is 8.43. The first-order valence-electron chi connectivity index (χ1n) is 8.36. The Labute approximate surface area is 137 Å². The zero-order chi connectivity index (χ0) is 16.1. The van der Waals surface area contributed by atoms with Crippen LogP contribution in [0.2, 0.25) is 0 Å². The fourth-order valence-corrected chi connectivity index (χ4v) is 3.20. The predicted molar refractivity (Wildman–Crippen MR) is 91.6 cm³/mol. The molecule has 23 heavy (non-hydrogen) atoms. The molecule has 1 saturated carbocycles. The van der Waals surface area contributed by atoms with Gasteiger partial charge in [-0.25, -0.2) is 4.68 Å². The summed E-state index contributed by atoms with van der Waals surface area (Å²) in [4.78, 5) is 12.2. The molecule has 1 aromatic heterocycles. The molecule has 2 atom stereocenters. The third-order valence-electron chi connectivity index (χ3n) is 4.55. The van der Waals surface area contributed by atoms with E-state index in [0.717, 1.165) is 17.8 Å². The van der Waals surface area contributed by atoms with Crippen molar-refractivity contribution in [3.8, 4) is 5.69 Å². The summed E-state index contributed by atoms with van der Waals surface area (Å²) in [7, 11) is 0. The van der Waals surface area contributed by atoms with E-state index in [1.165, 1.54) is 19.3 Å². The van der Waals surface area contributed by atoms with Crippen molar-refractivity contribution in [3.05, 3.63) is 42.7 Å². The van der Waals surface area contributed by atoms with Crippen molar-refractivity contribution in [2.75, 3.05) is 11.9 Å². The summed E-state index contributed by atoms with van der Waals surface area (Å²) >= 11 is 0. The number of nitrogens with zero attached hydrogens (tertiary/aromatic N) is 2. The molecule has 1 aliphatic rings. The van der Waals surface area contributed by atoms with Gasteiger partial charge in [-0.1, -0.05) is 31.9 Å². The highest BCUT2D eigenvalue weighted by Crippen LogP contribution is 2.23. The van der Waals surface area contributed by atoms with Crippen LogP contribution in [0.1, 0.15) is 32.6 Å². The number of hydrogen-bond acceptors (Lipinski definition) is 3. The number of carbonyl (C=O) groups excluding carboxylic acids is 1. The Morgan fingerprint density at radius 2 is 2.09 bits per heavy atom. The molecule has 5 nitrogen and oxygen atoms in total. The van der Waals surface area contributed by atoms with Gasteiger partial charge in [-0.2, -0.15) is 5.10 Å². The van der Waals surface area contributed by atoms with Crippen molar-refractivity contribution in [2.24, 2.45) is 5.92 Å². The maximum Gasteiger partial charge on any atom is 0.239 e. The number of aromatic nitrogens is 2. The average molecular weight is 312 g/mol. The summed E-state index contributed by atoms with van der Waals surface area (Å²) in [5, 5.41) is 10.7. The van der Waals surface area contributed by atoms with Crippen LogP contribution in [0.15, 0.2) is 42.7 Å². The van der Waals surface area contributed by atoms with E-state index in [1.807, 2.05) is 36.5 Å². The molecule has 1 aromatic carbocycles. The van der Waals surface area contributed by atoms with Crippen LogP contribution >= 0.6 is 0 Å². The number of para-hydroxylation sites is 2. The molecule has 0 spiro atoms. The van der Waals surface area contributed by atoms with Crippen LogP contribution in [0, 0.1) is 5.92 Å². The Bertz CT molecular complexity index is 638. The van der Waals surface area contributed by atoms with Gasteiger partial charge < -0.3 is 10.6 Å². The summed E-state index contributed by atoms with van der Waals surface area (Å²) in [6, 6.07) is 10.1. The second-order valence-electron chi connectivity index (χ2n) is 6.26. The van der Waals surface area contributed by atoms with Gasteiger partial charge in [0.15, 0.2) is 0 Å². The van der Waals surface area contributed by atoms with Crippen LogP contribution in [-0.2, 0) is 4.79 Å². The van der Waals surface area contributed by atoms with Crippen LogP contribution in [-0.4, -0.2) is 28.3 Å². The van der Waals surface area contributed by atoms with Crippen molar-refractivity contribution in [1.82, 2.24) is 15.1 Å². The highest BCUT2D eigenvalue weighted by Gasteiger charge is 2.22. The molecule has 1 fully saturated rings. The smallest absolute Gasteiger partial charge is 0.239 e. The molecule has 5 heteroatoms. The van der Waals surface area contributed by atoms with Gasteiger partial charge in [0.05, 0.1) is 17.9 Å². The van der Waals surface area contributed by atoms with Crippen molar-refractivity contribution < 1.29 is 4.79 Å². The van der Waals surface area contributed by atoms with Gasteiger partial charge in [0, 0.05) is 18.4 Å². The summed E-state index contributed by atoms with van der Waals surface area (Å²) in [5.41, 5.74) is 1.85. The number of anilines is 1. The van der Waals surface area contributed by atoms with Gasteiger partial charge in [0.1, 0.15) is 0 Å². The zero-order valence-corrected chi connectivity index (χ0v) is 13.5. The van der Waals surface area contributed by atoms with E-state index < -0.39 is 0 Å². The molecular formula is C18H24N4O. The van der Waals surface area contributed by atoms with Gasteiger partial charge >= 0.3 is 0 Å². The molecular weight excluding hydrogens is 288 g/mol. The SMILES string of the molecule is CC1CCCCC1NC(=O)CNc1ccccc1-n1cccn1.